The Labute approximate surface area is 119 Å². The Hall–Kier alpha value is -2.16. The predicted molar refractivity (Wildman–Crippen MR) is 79.1 cm³/mol. The van der Waals surface area contributed by atoms with Crippen LogP contribution in [0.4, 0.5) is 0 Å². The average molecular weight is 269 g/mol. The fraction of sp³-hybridized carbons (Fsp3) is 0.294. The molecule has 0 unspecified atom stereocenters. The van der Waals surface area contributed by atoms with E-state index in [1.807, 2.05) is 50.2 Å². The quantitative estimate of drug-likeness (QED) is 0.751. The number of nitrogens with zero attached hydrogens (tertiary/aromatic N) is 1. The lowest BCUT2D eigenvalue weighted by atomic mass is 10.1. The second kappa shape index (κ2) is 6.85. The third kappa shape index (κ3) is 4.19. The highest BCUT2D eigenvalue weighted by Crippen LogP contribution is 2.16. The summed E-state index contributed by atoms with van der Waals surface area (Å²) >= 11 is 0. The molecule has 1 heterocycles. The molecule has 0 aliphatic rings. The normalized spacial score (nSPS) is 10.6. The van der Waals surface area contributed by atoms with E-state index >= 15 is 0 Å². The third-order valence-electron chi connectivity index (χ3n) is 2.86. The molecule has 0 atom stereocenters. The van der Waals surface area contributed by atoms with Crippen LogP contribution in [0.1, 0.15) is 36.3 Å². The van der Waals surface area contributed by atoms with Gasteiger partial charge in [-0.25, -0.2) is 0 Å². The van der Waals surface area contributed by atoms with E-state index in [0.717, 1.165) is 11.3 Å². The Balaban J connectivity index is 1.95. The number of aromatic nitrogens is 1. The lowest BCUT2D eigenvalue weighted by Crippen LogP contribution is -2.06. The molecule has 2 rings (SSSR count). The van der Waals surface area contributed by atoms with Crippen molar-refractivity contribution in [2.45, 2.75) is 32.8 Å². The number of carbonyl (C=O) groups is 1. The monoisotopic (exact) mass is 269 g/mol. The van der Waals surface area contributed by atoms with Crippen LogP contribution in [0, 0.1) is 0 Å². The van der Waals surface area contributed by atoms with Crippen molar-refractivity contribution < 1.29 is 9.53 Å². The summed E-state index contributed by atoms with van der Waals surface area (Å²) in [6.45, 7) is 3.99. The molecule has 0 spiro atoms. The SMILES string of the molecule is CC(C)Oc1cccc(CCC(=O)c2ccccn2)c1. The maximum absolute atomic E-state index is 12.0. The lowest BCUT2D eigenvalue weighted by molar-refractivity contribution is 0.0978. The van der Waals surface area contributed by atoms with Gasteiger partial charge in [0.1, 0.15) is 11.4 Å². The van der Waals surface area contributed by atoms with Gasteiger partial charge in [-0.2, -0.15) is 0 Å². The van der Waals surface area contributed by atoms with Crippen LogP contribution in [0.15, 0.2) is 48.7 Å². The van der Waals surface area contributed by atoms with E-state index < -0.39 is 0 Å². The number of Topliss-reactive ketones (excluding diaryl/α,β-unsaturated/α-hetero) is 1. The highest BCUT2D eigenvalue weighted by Gasteiger charge is 2.07. The number of pyridine rings is 1. The molecular weight excluding hydrogens is 250 g/mol. The maximum atomic E-state index is 12.0. The number of aryl methyl sites for hydroxylation is 1. The number of benzene rings is 1. The molecule has 0 N–H and O–H groups in total. The summed E-state index contributed by atoms with van der Waals surface area (Å²) < 4.78 is 5.65. The smallest absolute Gasteiger partial charge is 0.181 e. The largest absolute Gasteiger partial charge is 0.491 e. The number of ether oxygens (including phenoxy) is 1. The molecule has 3 nitrogen and oxygen atoms in total. The van der Waals surface area contributed by atoms with Crippen molar-refractivity contribution in [2.24, 2.45) is 0 Å². The summed E-state index contributed by atoms with van der Waals surface area (Å²) in [6, 6.07) is 13.3. The fourth-order valence-electron chi connectivity index (χ4n) is 1.96. The van der Waals surface area contributed by atoms with Gasteiger partial charge in [0, 0.05) is 12.6 Å². The second-order valence-corrected chi connectivity index (χ2v) is 4.95. The molecule has 0 saturated carbocycles. The molecule has 20 heavy (non-hydrogen) atoms. The molecule has 0 radical (unpaired) electrons. The molecule has 0 aliphatic heterocycles. The van der Waals surface area contributed by atoms with Gasteiger partial charge in [0.25, 0.3) is 0 Å². The van der Waals surface area contributed by atoms with Gasteiger partial charge in [-0.05, 0) is 50.1 Å². The number of hydrogen-bond acceptors (Lipinski definition) is 3. The van der Waals surface area contributed by atoms with E-state index in [1.165, 1.54) is 0 Å². The first-order valence-electron chi connectivity index (χ1n) is 6.85. The Morgan fingerprint density at radius 3 is 2.75 bits per heavy atom. The van der Waals surface area contributed by atoms with Crippen LogP contribution in [0.2, 0.25) is 0 Å². The third-order valence-corrected chi connectivity index (χ3v) is 2.86. The molecule has 2 aromatic rings. The van der Waals surface area contributed by atoms with E-state index in [1.54, 1.807) is 12.3 Å². The van der Waals surface area contributed by atoms with Crippen molar-refractivity contribution in [3.05, 3.63) is 59.9 Å². The first-order valence-corrected chi connectivity index (χ1v) is 6.85. The standard InChI is InChI=1S/C17H19NO2/c1-13(2)20-15-7-5-6-14(12-15)9-10-17(19)16-8-3-4-11-18-16/h3-8,11-13H,9-10H2,1-2H3. The summed E-state index contributed by atoms with van der Waals surface area (Å²) in [7, 11) is 0. The van der Waals surface area contributed by atoms with Crippen LogP contribution in [0.5, 0.6) is 5.75 Å². The summed E-state index contributed by atoms with van der Waals surface area (Å²) in [5.74, 6) is 0.920. The Kier molecular flexibility index (Phi) is 4.88. The van der Waals surface area contributed by atoms with E-state index in [9.17, 15) is 4.79 Å². The molecule has 0 aliphatic carbocycles. The number of hydrogen-bond donors (Lipinski definition) is 0. The van der Waals surface area contributed by atoms with Crippen molar-refractivity contribution in [3.63, 3.8) is 0 Å². The van der Waals surface area contributed by atoms with Crippen molar-refractivity contribution in [2.75, 3.05) is 0 Å². The van der Waals surface area contributed by atoms with E-state index in [4.69, 9.17) is 4.74 Å². The van der Waals surface area contributed by atoms with Gasteiger partial charge in [0.2, 0.25) is 0 Å². The van der Waals surface area contributed by atoms with Crippen LogP contribution in [0.25, 0.3) is 0 Å². The first kappa shape index (κ1) is 14.3. The number of carbonyl (C=O) groups excluding carboxylic acids is 1. The summed E-state index contributed by atoms with van der Waals surface area (Å²) in [5.41, 5.74) is 1.63. The summed E-state index contributed by atoms with van der Waals surface area (Å²) in [4.78, 5) is 16.1. The minimum Gasteiger partial charge on any atom is -0.491 e. The van der Waals surface area contributed by atoms with Gasteiger partial charge in [0.05, 0.1) is 6.10 Å². The van der Waals surface area contributed by atoms with Crippen molar-refractivity contribution >= 4 is 5.78 Å². The molecule has 0 bridgehead atoms. The number of ketones is 1. The topological polar surface area (TPSA) is 39.2 Å². The van der Waals surface area contributed by atoms with Gasteiger partial charge >= 0.3 is 0 Å². The highest BCUT2D eigenvalue weighted by atomic mass is 16.5. The average Bonchev–Trinajstić information content (AvgIpc) is 2.45. The minimum atomic E-state index is 0.0702. The second-order valence-electron chi connectivity index (χ2n) is 4.95. The summed E-state index contributed by atoms with van der Waals surface area (Å²) in [6.07, 6.45) is 2.96. The van der Waals surface area contributed by atoms with E-state index in [-0.39, 0.29) is 11.9 Å². The zero-order valence-corrected chi connectivity index (χ0v) is 11.9. The predicted octanol–water partition coefficient (Wildman–Crippen LogP) is 3.68. The molecule has 0 amide bonds. The van der Waals surface area contributed by atoms with Crippen LogP contribution in [0.3, 0.4) is 0 Å². The molecule has 0 saturated heterocycles. The number of rotatable bonds is 6. The van der Waals surface area contributed by atoms with Gasteiger partial charge in [-0.15, -0.1) is 0 Å². The van der Waals surface area contributed by atoms with Gasteiger partial charge in [-0.3, -0.25) is 9.78 Å². The molecule has 1 aromatic carbocycles. The first-order chi connectivity index (χ1) is 9.65. The van der Waals surface area contributed by atoms with Gasteiger partial charge < -0.3 is 4.74 Å². The Bertz CT molecular complexity index is 564. The van der Waals surface area contributed by atoms with E-state index in [2.05, 4.69) is 4.98 Å². The molecule has 104 valence electrons. The van der Waals surface area contributed by atoms with Gasteiger partial charge in [-0.1, -0.05) is 18.2 Å². The van der Waals surface area contributed by atoms with Crippen molar-refractivity contribution in [3.8, 4) is 5.75 Å². The zero-order chi connectivity index (χ0) is 14.4. The van der Waals surface area contributed by atoms with Crippen molar-refractivity contribution in [1.82, 2.24) is 4.98 Å². The van der Waals surface area contributed by atoms with Gasteiger partial charge in [0.15, 0.2) is 5.78 Å². The Morgan fingerprint density at radius 2 is 2.05 bits per heavy atom. The van der Waals surface area contributed by atoms with Crippen molar-refractivity contribution in [1.29, 1.82) is 0 Å². The van der Waals surface area contributed by atoms with Crippen LogP contribution < -0.4 is 4.74 Å². The lowest BCUT2D eigenvalue weighted by Gasteiger charge is -2.10. The molecule has 3 heteroatoms. The highest BCUT2D eigenvalue weighted by molar-refractivity contribution is 5.94. The molecule has 0 fully saturated rings. The Morgan fingerprint density at radius 1 is 1.20 bits per heavy atom. The molecular formula is C17H19NO2. The summed E-state index contributed by atoms with van der Waals surface area (Å²) in [5, 5.41) is 0. The zero-order valence-electron chi connectivity index (χ0n) is 11.9. The fourth-order valence-corrected chi connectivity index (χ4v) is 1.96. The molecule has 1 aromatic heterocycles. The van der Waals surface area contributed by atoms with Crippen LogP contribution in [-0.2, 0) is 6.42 Å². The maximum Gasteiger partial charge on any atom is 0.181 e. The minimum absolute atomic E-state index is 0.0702. The van der Waals surface area contributed by atoms with E-state index in [0.29, 0.717) is 18.5 Å². The van der Waals surface area contributed by atoms with Crippen LogP contribution >= 0.6 is 0 Å². The van der Waals surface area contributed by atoms with Crippen LogP contribution in [-0.4, -0.2) is 16.9 Å².